The molecule has 2 aromatic heterocycles. The fourth-order valence-corrected chi connectivity index (χ4v) is 3.01. The van der Waals surface area contributed by atoms with Crippen molar-refractivity contribution in [1.29, 1.82) is 0 Å². The lowest BCUT2D eigenvalue weighted by molar-refractivity contribution is 0.115. The Morgan fingerprint density at radius 2 is 1.18 bits per heavy atom. The van der Waals surface area contributed by atoms with Crippen molar-refractivity contribution in [1.82, 2.24) is 9.97 Å². The minimum atomic E-state index is -1.42. The number of hydrogen-bond donors (Lipinski definition) is 1. The molecule has 1 aromatic carbocycles. The van der Waals surface area contributed by atoms with Crippen molar-refractivity contribution in [2.75, 3.05) is 0 Å². The van der Waals surface area contributed by atoms with Crippen LogP contribution in [0.15, 0.2) is 75.9 Å². The van der Waals surface area contributed by atoms with Gasteiger partial charge in [-0.2, -0.15) is 0 Å². The molecule has 22 heavy (non-hydrogen) atoms. The third kappa shape index (κ3) is 2.84. The zero-order chi connectivity index (χ0) is 15.6. The minimum Gasteiger partial charge on any atom is -0.373 e. The van der Waals surface area contributed by atoms with Gasteiger partial charge in [0, 0.05) is 0 Å². The van der Waals surface area contributed by atoms with Crippen LogP contribution in [0.2, 0.25) is 0 Å². The first kappa shape index (κ1) is 15.3. The van der Waals surface area contributed by atoms with E-state index in [1.807, 2.05) is 54.6 Å². The molecule has 0 amide bonds. The van der Waals surface area contributed by atoms with E-state index in [0.717, 1.165) is 0 Å². The maximum Gasteiger partial charge on any atom is 0.174 e. The average Bonchev–Trinajstić information content (AvgIpc) is 2.55. The Kier molecular flexibility index (Phi) is 4.38. The van der Waals surface area contributed by atoms with Gasteiger partial charge in [-0.25, -0.2) is 9.97 Å². The normalized spacial score (nSPS) is 11.4. The second kappa shape index (κ2) is 6.28. The van der Waals surface area contributed by atoms with Gasteiger partial charge < -0.3 is 5.11 Å². The molecule has 5 heteroatoms. The lowest BCUT2D eigenvalue weighted by atomic mass is 9.86. The molecule has 3 nitrogen and oxygen atoms in total. The summed E-state index contributed by atoms with van der Waals surface area (Å²) >= 11 is 6.72. The van der Waals surface area contributed by atoms with Crippen molar-refractivity contribution in [3.8, 4) is 0 Å². The number of rotatable bonds is 3. The van der Waals surface area contributed by atoms with Gasteiger partial charge in [0.25, 0.3) is 0 Å². The van der Waals surface area contributed by atoms with Crippen LogP contribution in [-0.2, 0) is 5.60 Å². The third-order valence-electron chi connectivity index (χ3n) is 3.36. The van der Waals surface area contributed by atoms with Crippen molar-refractivity contribution < 1.29 is 5.11 Å². The van der Waals surface area contributed by atoms with Crippen LogP contribution in [0.1, 0.15) is 17.0 Å². The van der Waals surface area contributed by atoms with Gasteiger partial charge >= 0.3 is 0 Å². The van der Waals surface area contributed by atoms with E-state index in [1.54, 1.807) is 12.1 Å². The topological polar surface area (TPSA) is 46.0 Å². The van der Waals surface area contributed by atoms with Crippen LogP contribution in [-0.4, -0.2) is 15.1 Å². The van der Waals surface area contributed by atoms with E-state index in [-0.39, 0.29) is 0 Å². The van der Waals surface area contributed by atoms with E-state index >= 15 is 0 Å². The maximum atomic E-state index is 11.5. The first-order chi connectivity index (χ1) is 10.6. The van der Waals surface area contributed by atoms with Gasteiger partial charge in [-0.1, -0.05) is 42.5 Å². The Morgan fingerprint density at radius 3 is 1.64 bits per heavy atom. The van der Waals surface area contributed by atoms with Crippen LogP contribution in [0.5, 0.6) is 0 Å². The molecule has 0 unspecified atom stereocenters. The standard InChI is InChI=1S/C17H12Br2N2O/c18-15-10-4-8-13(20-15)17(22,12-6-2-1-3-7-12)14-9-5-11-16(19)21-14/h1-11,22H. The zero-order valence-corrected chi connectivity index (χ0v) is 14.6. The molecule has 0 bridgehead atoms. The first-order valence-corrected chi connectivity index (χ1v) is 8.23. The predicted molar refractivity (Wildman–Crippen MR) is 92.4 cm³/mol. The molecule has 0 aliphatic rings. The molecular formula is C17H12Br2N2O. The van der Waals surface area contributed by atoms with Crippen LogP contribution in [0.3, 0.4) is 0 Å². The summed E-state index contributed by atoms with van der Waals surface area (Å²) in [5.74, 6) is 0. The fraction of sp³-hybridized carbons (Fsp3) is 0.0588. The van der Waals surface area contributed by atoms with E-state index in [4.69, 9.17) is 0 Å². The number of hydrogen-bond acceptors (Lipinski definition) is 3. The molecule has 0 atom stereocenters. The Bertz CT molecular complexity index is 748. The van der Waals surface area contributed by atoms with E-state index in [0.29, 0.717) is 26.2 Å². The number of halogens is 2. The molecular weight excluding hydrogens is 408 g/mol. The van der Waals surface area contributed by atoms with E-state index in [2.05, 4.69) is 41.8 Å². The summed E-state index contributed by atoms with van der Waals surface area (Å²) in [5.41, 5.74) is 0.318. The number of benzene rings is 1. The van der Waals surface area contributed by atoms with Crippen molar-refractivity contribution in [3.05, 3.63) is 92.9 Å². The van der Waals surface area contributed by atoms with Gasteiger partial charge in [0.05, 0.1) is 11.4 Å². The van der Waals surface area contributed by atoms with Crippen molar-refractivity contribution in [2.24, 2.45) is 0 Å². The van der Waals surface area contributed by atoms with Crippen molar-refractivity contribution in [2.45, 2.75) is 5.60 Å². The predicted octanol–water partition coefficient (Wildman–Crippen LogP) is 4.29. The summed E-state index contributed by atoms with van der Waals surface area (Å²) in [7, 11) is 0. The smallest absolute Gasteiger partial charge is 0.174 e. The van der Waals surface area contributed by atoms with Gasteiger partial charge in [0.2, 0.25) is 0 Å². The SMILES string of the molecule is OC(c1ccccc1)(c1cccc(Br)n1)c1cccc(Br)n1. The van der Waals surface area contributed by atoms with Gasteiger partial charge in [-0.3, -0.25) is 0 Å². The second-order valence-corrected chi connectivity index (χ2v) is 6.39. The number of pyridine rings is 2. The molecule has 1 N–H and O–H groups in total. The summed E-state index contributed by atoms with van der Waals surface area (Å²) in [6.07, 6.45) is 0. The van der Waals surface area contributed by atoms with Gasteiger partial charge in [-0.15, -0.1) is 0 Å². The van der Waals surface area contributed by atoms with Gasteiger partial charge in [0.15, 0.2) is 5.60 Å². The number of aromatic nitrogens is 2. The molecule has 0 aliphatic carbocycles. The summed E-state index contributed by atoms with van der Waals surface area (Å²) < 4.78 is 1.32. The lowest BCUT2D eigenvalue weighted by Gasteiger charge is -2.28. The van der Waals surface area contributed by atoms with Gasteiger partial charge in [-0.05, 0) is 61.7 Å². The largest absolute Gasteiger partial charge is 0.373 e. The van der Waals surface area contributed by atoms with E-state index in [9.17, 15) is 5.11 Å². The minimum absolute atomic E-state index is 0.513. The average molecular weight is 420 g/mol. The number of nitrogens with zero attached hydrogens (tertiary/aromatic N) is 2. The Hall–Kier alpha value is -1.56. The molecule has 0 saturated carbocycles. The van der Waals surface area contributed by atoms with E-state index in [1.165, 1.54) is 0 Å². The zero-order valence-electron chi connectivity index (χ0n) is 11.4. The summed E-state index contributed by atoms with van der Waals surface area (Å²) in [5, 5.41) is 11.5. The lowest BCUT2D eigenvalue weighted by Crippen LogP contribution is -2.31. The van der Waals surface area contributed by atoms with Crippen molar-refractivity contribution in [3.63, 3.8) is 0 Å². The van der Waals surface area contributed by atoms with Crippen LogP contribution in [0, 0.1) is 0 Å². The molecule has 2 heterocycles. The molecule has 0 radical (unpaired) electrons. The highest BCUT2D eigenvalue weighted by molar-refractivity contribution is 9.10. The van der Waals surface area contributed by atoms with Crippen LogP contribution < -0.4 is 0 Å². The second-order valence-electron chi connectivity index (χ2n) is 4.77. The number of aliphatic hydroxyl groups is 1. The highest BCUT2D eigenvalue weighted by Crippen LogP contribution is 2.35. The quantitative estimate of drug-likeness (QED) is 0.644. The molecule has 0 spiro atoms. The van der Waals surface area contributed by atoms with E-state index < -0.39 is 5.60 Å². The summed E-state index contributed by atoms with van der Waals surface area (Å²) in [4.78, 5) is 8.88. The Morgan fingerprint density at radius 1 is 0.682 bits per heavy atom. The first-order valence-electron chi connectivity index (χ1n) is 6.64. The molecule has 0 fully saturated rings. The molecule has 3 aromatic rings. The third-order valence-corrected chi connectivity index (χ3v) is 4.25. The maximum absolute atomic E-state index is 11.5. The molecule has 0 aliphatic heterocycles. The summed E-state index contributed by atoms with van der Waals surface area (Å²) in [6.45, 7) is 0. The monoisotopic (exact) mass is 418 g/mol. The van der Waals surface area contributed by atoms with Crippen LogP contribution >= 0.6 is 31.9 Å². The molecule has 3 rings (SSSR count). The Balaban J connectivity index is 2.27. The fourth-order valence-electron chi connectivity index (χ4n) is 2.33. The highest BCUT2D eigenvalue weighted by atomic mass is 79.9. The van der Waals surface area contributed by atoms with Crippen LogP contribution in [0.25, 0.3) is 0 Å². The molecule has 0 saturated heterocycles. The molecule has 110 valence electrons. The van der Waals surface area contributed by atoms with Crippen molar-refractivity contribution >= 4 is 31.9 Å². The van der Waals surface area contributed by atoms with Gasteiger partial charge in [0.1, 0.15) is 9.21 Å². The Labute approximate surface area is 145 Å². The highest BCUT2D eigenvalue weighted by Gasteiger charge is 2.36. The summed E-state index contributed by atoms with van der Waals surface area (Å²) in [6, 6.07) is 20.3. The van der Waals surface area contributed by atoms with Crippen LogP contribution in [0.4, 0.5) is 0 Å².